The van der Waals surface area contributed by atoms with Crippen molar-refractivity contribution in [2.24, 2.45) is 5.90 Å². The molecule has 0 amide bonds. The van der Waals surface area contributed by atoms with Crippen LogP contribution in [0, 0.1) is 0 Å². The molecule has 2 unspecified atom stereocenters. The number of nitrogens with zero attached hydrogens (tertiary/aromatic N) is 1. The third-order valence-electron chi connectivity index (χ3n) is 0.950. The molecule has 0 saturated heterocycles. The highest BCUT2D eigenvalue weighted by atomic mass is 16.5. The topological polar surface area (TPSA) is 110 Å². The van der Waals surface area contributed by atoms with Gasteiger partial charge in [-0.15, -0.1) is 0 Å². The molecular weight excluding hydrogens is 164 g/mol. The zero-order valence-corrected chi connectivity index (χ0v) is 7.38. The largest absolute Gasteiger partial charge is 0.392 e. The molecule has 0 aromatic heterocycles. The maximum absolute atomic E-state index is 8.90. The molecule has 0 radical (unpaired) electrons. The van der Waals surface area contributed by atoms with Gasteiger partial charge in [0.05, 0.1) is 12.2 Å². The number of hydrogen-bond donors (Lipinski definition) is 5. The molecule has 6 N–H and O–H groups in total. The van der Waals surface area contributed by atoms with Gasteiger partial charge in [0.2, 0.25) is 0 Å². The summed E-state index contributed by atoms with van der Waals surface area (Å²) in [7, 11) is 0. The summed E-state index contributed by atoms with van der Waals surface area (Å²) in [4.78, 5) is 0. The van der Waals surface area contributed by atoms with Crippen LogP contribution in [0.15, 0.2) is 0 Å². The predicted molar refractivity (Wildman–Crippen MR) is 42.7 cm³/mol. The highest BCUT2D eigenvalue weighted by Crippen LogP contribution is 1.89. The fourth-order valence-corrected chi connectivity index (χ4v) is 0.685. The van der Waals surface area contributed by atoms with Crippen molar-refractivity contribution in [3.63, 3.8) is 0 Å². The molecule has 0 heterocycles. The summed E-state index contributed by atoms with van der Waals surface area (Å²) in [6.07, 6.45) is -1.13. The zero-order chi connectivity index (χ0) is 10.1. The maximum atomic E-state index is 8.90. The zero-order valence-electron chi connectivity index (χ0n) is 7.38. The average molecular weight is 182 g/mol. The van der Waals surface area contributed by atoms with E-state index in [-0.39, 0.29) is 13.1 Å². The first-order valence-corrected chi connectivity index (χ1v) is 3.58. The lowest BCUT2D eigenvalue weighted by atomic mass is 10.3. The molecular formula is C6H18N2O4. The Labute approximate surface area is 71.8 Å². The molecule has 0 aromatic rings. The van der Waals surface area contributed by atoms with Crippen molar-refractivity contribution in [2.45, 2.75) is 26.1 Å². The Kier molecular flexibility index (Phi) is 10.5. The van der Waals surface area contributed by atoms with E-state index in [1.807, 2.05) is 0 Å². The summed E-state index contributed by atoms with van der Waals surface area (Å²) < 4.78 is 0. The molecule has 0 aliphatic rings. The molecule has 6 heteroatoms. The molecule has 76 valence electrons. The monoisotopic (exact) mass is 182 g/mol. The molecule has 0 rings (SSSR count). The molecule has 0 spiro atoms. The Morgan fingerprint density at radius 2 is 1.33 bits per heavy atom. The van der Waals surface area contributed by atoms with E-state index < -0.39 is 12.2 Å². The highest BCUT2D eigenvalue weighted by Gasteiger charge is 2.06. The smallest absolute Gasteiger partial charge is 0.0662 e. The van der Waals surface area contributed by atoms with Gasteiger partial charge in [0.25, 0.3) is 0 Å². The van der Waals surface area contributed by atoms with Crippen molar-refractivity contribution in [1.82, 2.24) is 5.06 Å². The SMILES string of the molecule is CC(O)CN(O)CC(C)O.NO. The lowest BCUT2D eigenvalue weighted by molar-refractivity contribution is -0.127. The molecule has 2 atom stereocenters. The first kappa shape index (κ1) is 14.3. The second kappa shape index (κ2) is 8.85. The number of rotatable bonds is 4. The summed E-state index contributed by atoms with van der Waals surface area (Å²) in [5.41, 5.74) is 0. The Balaban J connectivity index is 0. The molecule has 0 bridgehead atoms. The summed E-state index contributed by atoms with van der Waals surface area (Å²) in [6, 6.07) is 0. The summed E-state index contributed by atoms with van der Waals surface area (Å²) in [5.74, 6) is 3.50. The van der Waals surface area contributed by atoms with E-state index >= 15 is 0 Å². The van der Waals surface area contributed by atoms with Gasteiger partial charge in [0.1, 0.15) is 0 Å². The van der Waals surface area contributed by atoms with Crippen LogP contribution in [0.25, 0.3) is 0 Å². The highest BCUT2D eigenvalue weighted by molar-refractivity contribution is 4.54. The lowest BCUT2D eigenvalue weighted by Gasteiger charge is -2.17. The fraction of sp³-hybridized carbons (Fsp3) is 1.00. The lowest BCUT2D eigenvalue weighted by Crippen LogP contribution is -2.33. The van der Waals surface area contributed by atoms with Gasteiger partial charge >= 0.3 is 0 Å². The van der Waals surface area contributed by atoms with E-state index in [2.05, 4.69) is 5.90 Å². The maximum Gasteiger partial charge on any atom is 0.0662 e. The predicted octanol–water partition coefficient (Wildman–Crippen LogP) is -1.23. The molecule has 0 aromatic carbocycles. The van der Waals surface area contributed by atoms with Gasteiger partial charge in [0, 0.05) is 13.1 Å². The Morgan fingerprint density at radius 3 is 1.50 bits per heavy atom. The minimum Gasteiger partial charge on any atom is -0.392 e. The summed E-state index contributed by atoms with van der Waals surface area (Å²) >= 11 is 0. The van der Waals surface area contributed by atoms with Crippen molar-refractivity contribution in [1.29, 1.82) is 0 Å². The van der Waals surface area contributed by atoms with Crippen molar-refractivity contribution < 1.29 is 20.6 Å². The van der Waals surface area contributed by atoms with Gasteiger partial charge in [-0.3, -0.25) is 0 Å². The van der Waals surface area contributed by atoms with Crippen LogP contribution in [0.5, 0.6) is 0 Å². The number of aliphatic hydroxyl groups excluding tert-OH is 2. The standard InChI is InChI=1S/C6H15NO3.H3NO/c1-5(8)3-7(10)4-6(2)9;1-2/h5-6,8-10H,3-4H2,1-2H3;2H,1H2. The minimum absolute atomic E-state index is 0.172. The fourth-order valence-electron chi connectivity index (χ4n) is 0.685. The van der Waals surface area contributed by atoms with Crippen molar-refractivity contribution in [3.05, 3.63) is 0 Å². The van der Waals surface area contributed by atoms with Crippen LogP contribution in [-0.4, -0.2) is 51.0 Å². The Hall–Kier alpha value is -0.240. The number of hydrogen-bond acceptors (Lipinski definition) is 6. The van der Waals surface area contributed by atoms with Crippen LogP contribution in [-0.2, 0) is 0 Å². The van der Waals surface area contributed by atoms with Crippen molar-refractivity contribution >= 4 is 0 Å². The quantitative estimate of drug-likeness (QED) is 0.348. The van der Waals surface area contributed by atoms with E-state index in [0.717, 1.165) is 5.06 Å². The minimum atomic E-state index is -0.566. The third kappa shape index (κ3) is 12.4. The van der Waals surface area contributed by atoms with Crippen LogP contribution in [0.3, 0.4) is 0 Å². The van der Waals surface area contributed by atoms with Gasteiger partial charge in [-0.25, -0.2) is 5.90 Å². The van der Waals surface area contributed by atoms with Crippen molar-refractivity contribution in [3.8, 4) is 0 Å². The average Bonchev–Trinajstić information content (AvgIpc) is 1.87. The molecule has 12 heavy (non-hydrogen) atoms. The van der Waals surface area contributed by atoms with E-state index in [9.17, 15) is 0 Å². The van der Waals surface area contributed by atoms with Crippen LogP contribution < -0.4 is 5.90 Å². The number of aliphatic hydroxyl groups is 2. The molecule has 0 aliphatic carbocycles. The van der Waals surface area contributed by atoms with Crippen LogP contribution in [0.4, 0.5) is 0 Å². The van der Waals surface area contributed by atoms with Crippen LogP contribution in [0.1, 0.15) is 13.8 Å². The summed E-state index contributed by atoms with van der Waals surface area (Å²) in [6.45, 7) is 3.49. The second-order valence-corrected chi connectivity index (χ2v) is 2.57. The van der Waals surface area contributed by atoms with Gasteiger partial charge in [-0.05, 0) is 13.8 Å². The third-order valence-corrected chi connectivity index (χ3v) is 0.950. The van der Waals surface area contributed by atoms with Gasteiger partial charge in [0.15, 0.2) is 0 Å². The van der Waals surface area contributed by atoms with Gasteiger partial charge in [-0.2, -0.15) is 5.06 Å². The van der Waals surface area contributed by atoms with E-state index in [4.69, 9.17) is 20.6 Å². The van der Waals surface area contributed by atoms with E-state index in [1.54, 1.807) is 13.8 Å². The van der Waals surface area contributed by atoms with Crippen LogP contribution in [0.2, 0.25) is 0 Å². The van der Waals surface area contributed by atoms with Gasteiger partial charge < -0.3 is 20.6 Å². The van der Waals surface area contributed by atoms with Gasteiger partial charge in [-0.1, -0.05) is 0 Å². The first-order valence-electron chi connectivity index (χ1n) is 3.58. The second-order valence-electron chi connectivity index (χ2n) is 2.57. The molecule has 0 saturated carbocycles. The molecule has 6 nitrogen and oxygen atoms in total. The molecule has 0 aliphatic heterocycles. The number of nitrogens with two attached hydrogens (primary N) is 1. The van der Waals surface area contributed by atoms with E-state index in [0.29, 0.717) is 0 Å². The normalized spacial score (nSPS) is 15.0. The first-order chi connectivity index (χ1) is 5.52. The number of hydroxylamine groups is 2. The van der Waals surface area contributed by atoms with Crippen LogP contribution >= 0.6 is 0 Å². The van der Waals surface area contributed by atoms with Crippen molar-refractivity contribution in [2.75, 3.05) is 13.1 Å². The summed E-state index contributed by atoms with van der Waals surface area (Å²) in [5, 5.41) is 33.8. The Morgan fingerprint density at radius 1 is 1.08 bits per heavy atom. The van der Waals surface area contributed by atoms with E-state index in [1.165, 1.54) is 0 Å². The Bertz CT molecular complexity index is 79.6. The molecule has 0 fully saturated rings.